The molecule has 0 atom stereocenters. The highest BCUT2D eigenvalue weighted by atomic mass is 14.5. The summed E-state index contributed by atoms with van der Waals surface area (Å²) in [5, 5.41) is 0. The summed E-state index contributed by atoms with van der Waals surface area (Å²) in [5.41, 5.74) is 12.1. The lowest BCUT2D eigenvalue weighted by molar-refractivity contribution is 1.24. The fourth-order valence-corrected chi connectivity index (χ4v) is 2.02. The molecule has 72 valence electrons. The molecule has 0 aliphatic heterocycles. The van der Waals surface area contributed by atoms with E-state index in [2.05, 4.69) is 38.1 Å². The van der Waals surface area contributed by atoms with Crippen molar-refractivity contribution in [3.05, 3.63) is 47.1 Å². The first-order valence-corrected chi connectivity index (χ1v) is 4.93. The van der Waals surface area contributed by atoms with Crippen molar-refractivity contribution in [3.8, 4) is 0 Å². The maximum Gasteiger partial charge on any atom is 0.0317 e. The number of nitrogens with two attached hydrogens (primary N) is 1. The van der Waals surface area contributed by atoms with Crippen LogP contribution in [0.3, 0.4) is 0 Å². The predicted molar refractivity (Wildman–Crippen MR) is 62.0 cm³/mol. The van der Waals surface area contributed by atoms with Gasteiger partial charge in [-0.2, -0.15) is 0 Å². The van der Waals surface area contributed by atoms with E-state index in [1.165, 1.54) is 22.3 Å². The summed E-state index contributed by atoms with van der Waals surface area (Å²) in [7, 11) is 0. The Kier molecular flexibility index (Phi) is 2.16. The summed E-state index contributed by atoms with van der Waals surface area (Å²) in [6, 6.07) is 6.17. The standard InChI is InChI=1S/C13H15N/c1-3-4-10-7-11-8-12(14)5-6-13(11)9(10)2/h3-6,8H,7,14H2,1-2H3/b4-3-. The van der Waals surface area contributed by atoms with Gasteiger partial charge in [0.15, 0.2) is 0 Å². The van der Waals surface area contributed by atoms with Gasteiger partial charge in [-0.25, -0.2) is 0 Å². The van der Waals surface area contributed by atoms with E-state index in [1.807, 2.05) is 6.07 Å². The van der Waals surface area contributed by atoms with E-state index >= 15 is 0 Å². The fourth-order valence-electron chi connectivity index (χ4n) is 2.02. The van der Waals surface area contributed by atoms with Crippen LogP contribution in [0.2, 0.25) is 0 Å². The van der Waals surface area contributed by atoms with Gasteiger partial charge in [-0.3, -0.25) is 0 Å². The van der Waals surface area contributed by atoms with E-state index in [4.69, 9.17) is 5.73 Å². The molecule has 0 aromatic heterocycles. The number of anilines is 1. The second kappa shape index (κ2) is 3.33. The first kappa shape index (κ1) is 9.07. The summed E-state index contributed by atoms with van der Waals surface area (Å²) < 4.78 is 0. The molecular formula is C13H15N. The Hall–Kier alpha value is -1.50. The molecule has 0 unspecified atom stereocenters. The van der Waals surface area contributed by atoms with Crippen LogP contribution in [-0.2, 0) is 6.42 Å². The average Bonchev–Trinajstić information content (AvgIpc) is 2.44. The largest absolute Gasteiger partial charge is 0.399 e. The molecule has 14 heavy (non-hydrogen) atoms. The summed E-state index contributed by atoms with van der Waals surface area (Å²) in [4.78, 5) is 0. The van der Waals surface area contributed by atoms with Crippen molar-refractivity contribution < 1.29 is 0 Å². The zero-order valence-corrected chi connectivity index (χ0v) is 8.67. The Morgan fingerprint density at radius 2 is 2.14 bits per heavy atom. The van der Waals surface area contributed by atoms with Crippen LogP contribution in [0.25, 0.3) is 5.57 Å². The maximum absolute atomic E-state index is 5.76. The predicted octanol–water partition coefficient (Wildman–Crippen LogP) is 3.17. The normalized spacial score (nSPS) is 15.3. The van der Waals surface area contributed by atoms with Crippen molar-refractivity contribution in [2.75, 3.05) is 5.73 Å². The molecule has 0 saturated carbocycles. The molecule has 0 radical (unpaired) electrons. The molecule has 0 amide bonds. The lowest BCUT2D eigenvalue weighted by Gasteiger charge is -2.01. The van der Waals surface area contributed by atoms with Crippen LogP contribution in [0, 0.1) is 0 Å². The van der Waals surface area contributed by atoms with E-state index in [9.17, 15) is 0 Å². The Balaban J connectivity index is 2.47. The van der Waals surface area contributed by atoms with Gasteiger partial charge in [0.1, 0.15) is 0 Å². The second-order valence-corrected chi connectivity index (χ2v) is 3.74. The summed E-state index contributed by atoms with van der Waals surface area (Å²) in [6.45, 7) is 4.23. The number of nitrogen functional groups attached to an aromatic ring is 1. The lowest BCUT2D eigenvalue weighted by atomic mass is 10.1. The van der Waals surface area contributed by atoms with Crippen LogP contribution in [0.5, 0.6) is 0 Å². The number of hydrogen-bond acceptors (Lipinski definition) is 1. The van der Waals surface area contributed by atoms with Gasteiger partial charge in [0.25, 0.3) is 0 Å². The molecule has 1 aliphatic carbocycles. The fraction of sp³-hybridized carbons (Fsp3) is 0.231. The van der Waals surface area contributed by atoms with E-state index in [-0.39, 0.29) is 0 Å². The molecule has 0 fully saturated rings. The highest BCUT2D eigenvalue weighted by Crippen LogP contribution is 2.33. The molecule has 0 saturated heterocycles. The number of benzene rings is 1. The van der Waals surface area contributed by atoms with Gasteiger partial charge < -0.3 is 5.73 Å². The SMILES string of the molecule is C/C=C\C1=C(C)c2ccc(N)cc2C1. The van der Waals surface area contributed by atoms with Gasteiger partial charge in [-0.1, -0.05) is 18.2 Å². The average molecular weight is 185 g/mol. The lowest BCUT2D eigenvalue weighted by Crippen LogP contribution is -1.88. The van der Waals surface area contributed by atoms with Crippen molar-refractivity contribution in [1.82, 2.24) is 0 Å². The van der Waals surface area contributed by atoms with Crippen LogP contribution in [0.1, 0.15) is 25.0 Å². The van der Waals surface area contributed by atoms with Crippen LogP contribution in [0.4, 0.5) is 5.69 Å². The van der Waals surface area contributed by atoms with Crippen molar-refractivity contribution in [2.45, 2.75) is 20.3 Å². The Morgan fingerprint density at radius 3 is 2.86 bits per heavy atom. The second-order valence-electron chi connectivity index (χ2n) is 3.74. The molecule has 1 aromatic carbocycles. The van der Waals surface area contributed by atoms with Crippen LogP contribution >= 0.6 is 0 Å². The van der Waals surface area contributed by atoms with Crippen LogP contribution in [0.15, 0.2) is 35.9 Å². The smallest absolute Gasteiger partial charge is 0.0317 e. The number of fused-ring (bicyclic) bond motifs is 1. The molecule has 0 bridgehead atoms. The van der Waals surface area contributed by atoms with Gasteiger partial charge in [0, 0.05) is 5.69 Å². The minimum atomic E-state index is 0.860. The first-order chi connectivity index (χ1) is 6.72. The van der Waals surface area contributed by atoms with Crippen molar-refractivity contribution in [1.29, 1.82) is 0 Å². The third kappa shape index (κ3) is 1.35. The number of allylic oxidation sites excluding steroid dienone is 4. The Bertz CT molecular complexity index is 425. The van der Waals surface area contributed by atoms with Crippen LogP contribution < -0.4 is 5.73 Å². The Labute approximate surface area is 84.9 Å². The minimum Gasteiger partial charge on any atom is -0.399 e. The third-order valence-corrected chi connectivity index (χ3v) is 2.76. The van der Waals surface area contributed by atoms with E-state index in [0.717, 1.165) is 12.1 Å². The number of rotatable bonds is 1. The topological polar surface area (TPSA) is 26.0 Å². The van der Waals surface area contributed by atoms with Crippen molar-refractivity contribution in [3.63, 3.8) is 0 Å². The zero-order valence-electron chi connectivity index (χ0n) is 8.67. The summed E-state index contributed by atoms with van der Waals surface area (Å²) in [5.74, 6) is 0. The monoisotopic (exact) mass is 185 g/mol. The van der Waals surface area contributed by atoms with Gasteiger partial charge in [0.05, 0.1) is 0 Å². The molecule has 1 heteroatoms. The van der Waals surface area contributed by atoms with Gasteiger partial charge >= 0.3 is 0 Å². The first-order valence-electron chi connectivity index (χ1n) is 4.93. The van der Waals surface area contributed by atoms with Gasteiger partial charge in [-0.05, 0) is 54.7 Å². The minimum absolute atomic E-state index is 0.860. The van der Waals surface area contributed by atoms with Crippen molar-refractivity contribution >= 4 is 11.3 Å². The van der Waals surface area contributed by atoms with E-state index in [0.29, 0.717) is 0 Å². The van der Waals surface area contributed by atoms with Crippen LogP contribution in [-0.4, -0.2) is 0 Å². The van der Waals surface area contributed by atoms with Crippen molar-refractivity contribution in [2.24, 2.45) is 0 Å². The molecule has 0 heterocycles. The highest BCUT2D eigenvalue weighted by molar-refractivity contribution is 5.78. The summed E-state index contributed by atoms with van der Waals surface area (Å²) >= 11 is 0. The van der Waals surface area contributed by atoms with E-state index in [1.54, 1.807) is 0 Å². The third-order valence-electron chi connectivity index (χ3n) is 2.76. The Morgan fingerprint density at radius 1 is 1.36 bits per heavy atom. The molecule has 1 aliphatic rings. The van der Waals surface area contributed by atoms with Gasteiger partial charge in [-0.15, -0.1) is 0 Å². The van der Waals surface area contributed by atoms with Gasteiger partial charge in [0.2, 0.25) is 0 Å². The zero-order chi connectivity index (χ0) is 10.1. The number of hydrogen-bond donors (Lipinski definition) is 1. The molecule has 2 rings (SSSR count). The maximum atomic E-state index is 5.76. The summed E-state index contributed by atoms with van der Waals surface area (Å²) in [6.07, 6.45) is 5.30. The quantitative estimate of drug-likeness (QED) is 0.668. The molecule has 2 N–H and O–H groups in total. The van der Waals surface area contributed by atoms with E-state index < -0.39 is 0 Å². The molecule has 1 aromatic rings. The molecule has 0 spiro atoms. The highest BCUT2D eigenvalue weighted by Gasteiger charge is 2.15. The molecule has 1 nitrogen and oxygen atoms in total. The molecular weight excluding hydrogens is 170 g/mol.